The molecule has 8 heteroatoms. The highest BCUT2D eigenvalue weighted by Gasteiger charge is 2.17. The SMILES string of the molecule is CC(=O)c1nnc2cc(OC(C)C)c(N)cc2c1Nc1ccc(Cl)c(Cl)c1. The first-order valence-corrected chi connectivity index (χ1v) is 9.01. The van der Waals surface area contributed by atoms with E-state index in [0.717, 1.165) is 0 Å². The number of carbonyl (C=O) groups is 1. The molecule has 27 heavy (non-hydrogen) atoms. The summed E-state index contributed by atoms with van der Waals surface area (Å²) in [5, 5.41) is 12.9. The number of anilines is 3. The lowest BCUT2D eigenvalue weighted by Crippen LogP contribution is -2.09. The molecule has 3 aromatic rings. The van der Waals surface area contributed by atoms with Gasteiger partial charge in [-0.3, -0.25) is 4.79 Å². The first-order chi connectivity index (χ1) is 12.8. The second-order valence-corrected chi connectivity index (χ2v) is 7.12. The van der Waals surface area contributed by atoms with E-state index in [1.165, 1.54) is 6.92 Å². The second kappa shape index (κ2) is 7.58. The number of ether oxygens (including phenoxy) is 1. The summed E-state index contributed by atoms with van der Waals surface area (Å²) in [7, 11) is 0. The number of halogens is 2. The number of benzene rings is 2. The number of nitrogen functional groups attached to an aromatic ring is 1. The van der Waals surface area contributed by atoms with Crippen molar-refractivity contribution in [2.45, 2.75) is 26.9 Å². The van der Waals surface area contributed by atoms with Crippen molar-refractivity contribution in [1.82, 2.24) is 10.2 Å². The van der Waals surface area contributed by atoms with E-state index in [2.05, 4.69) is 15.5 Å². The van der Waals surface area contributed by atoms with Gasteiger partial charge in [-0.1, -0.05) is 23.2 Å². The van der Waals surface area contributed by atoms with E-state index in [1.807, 2.05) is 13.8 Å². The van der Waals surface area contributed by atoms with Crippen LogP contribution in [0.2, 0.25) is 10.0 Å². The van der Waals surface area contributed by atoms with Gasteiger partial charge in [-0.2, -0.15) is 0 Å². The van der Waals surface area contributed by atoms with Crippen LogP contribution < -0.4 is 15.8 Å². The van der Waals surface area contributed by atoms with E-state index >= 15 is 0 Å². The maximum absolute atomic E-state index is 12.1. The number of fused-ring (bicyclic) bond motifs is 1. The minimum Gasteiger partial charge on any atom is -0.489 e. The predicted molar refractivity (Wildman–Crippen MR) is 109 cm³/mol. The number of hydrogen-bond acceptors (Lipinski definition) is 6. The van der Waals surface area contributed by atoms with Gasteiger partial charge in [0.15, 0.2) is 11.5 Å². The van der Waals surface area contributed by atoms with E-state index < -0.39 is 0 Å². The van der Waals surface area contributed by atoms with Crippen LogP contribution >= 0.6 is 23.2 Å². The summed E-state index contributed by atoms with van der Waals surface area (Å²) >= 11 is 12.1. The summed E-state index contributed by atoms with van der Waals surface area (Å²) in [4.78, 5) is 12.1. The quantitative estimate of drug-likeness (QED) is 0.445. The van der Waals surface area contributed by atoms with E-state index in [4.69, 9.17) is 33.7 Å². The molecule has 0 aliphatic carbocycles. The van der Waals surface area contributed by atoms with Gasteiger partial charge in [0.2, 0.25) is 0 Å². The van der Waals surface area contributed by atoms with Crippen LogP contribution in [0.15, 0.2) is 30.3 Å². The molecule has 3 rings (SSSR count). The van der Waals surface area contributed by atoms with Crippen LogP contribution in [0, 0.1) is 0 Å². The molecule has 3 N–H and O–H groups in total. The Labute approximate surface area is 166 Å². The number of aromatic nitrogens is 2. The van der Waals surface area contributed by atoms with Crippen molar-refractivity contribution < 1.29 is 9.53 Å². The molecule has 1 heterocycles. The third-order valence-electron chi connectivity index (χ3n) is 3.78. The second-order valence-electron chi connectivity index (χ2n) is 6.31. The van der Waals surface area contributed by atoms with E-state index in [9.17, 15) is 4.79 Å². The molecule has 0 aliphatic rings. The van der Waals surface area contributed by atoms with Crippen LogP contribution in [0.3, 0.4) is 0 Å². The number of nitrogens with zero attached hydrogens (tertiary/aromatic N) is 2. The number of Topliss-reactive ketones (excluding diaryl/α,β-unsaturated/α-hetero) is 1. The third-order valence-corrected chi connectivity index (χ3v) is 4.52. The smallest absolute Gasteiger partial charge is 0.182 e. The van der Waals surface area contributed by atoms with Crippen molar-refractivity contribution in [2.24, 2.45) is 0 Å². The van der Waals surface area contributed by atoms with Crippen LogP contribution in [-0.4, -0.2) is 22.1 Å². The van der Waals surface area contributed by atoms with Crippen LogP contribution in [0.25, 0.3) is 10.9 Å². The molecule has 6 nitrogen and oxygen atoms in total. The molecule has 0 atom stereocenters. The van der Waals surface area contributed by atoms with Gasteiger partial charge in [0.1, 0.15) is 5.75 Å². The van der Waals surface area contributed by atoms with Gasteiger partial charge in [0.25, 0.3) is 0 Å². The van der Waals surface area contributed by atoms with E-state index in [1.54, 1.807) is 30.3 Å². The first kappa shape index (κ1) is 19.2. The van der Waals surface area contributed by atoms with Crippen molar-refractivity contribution >= 4 is 57.0 Å². The minimum absolute atomic E-state index is 0.0389. The van der Waals surface area contributed by atoms with Gasteiger partial charge in [-0.25, -0.2) is 0 Å². The summed E-state index contributed by atoms with van der Waals surface area (Å²) < 4.78 is 5.71. The average molecular weight is 405 g/mol. The Hall–Kier alpha value is -2.57. The third kappa shape index (κ3) is 4.07. The van der Waals surface area contributed by atoms with Crippen LogP contribution in [0.1, 0.15) is 31.3 Å². The van der Waals surface area contributed by atoms with Gasteiger partial charge in [-0.15, -0.1) is 10.2 Å². The fraction of sp³-hybridized carbons (Fsp3) is 0.211. The standard InChI is InChI=1S/C19H18Cl2N4O2/c1-9(2)27-17-8-16-12(7-15(17)22)19(18(10(3)26)25-24-16)23-11-4-5-13(20)14(21)6-11/h4-9H,22H2,1-3H3,(H,23,24). The lowest BCUT2D eigenvalue weighted by Gasteiger charge is -2.16. The molecular formula is C19H18Cl2N4O2. The van der Waals surface area contributed by atoms with E-state index in [0.29, 0.717) is 43.8 Å². The molecule has 0 saturated heterocycles. The summed E-state index contributed by atoms with van der Waals surface area (Å²) in [5.74, 6) is 0.288. The monoisotopic (exact) mass is 404 g/mol. The summed E-state index contributed by atoms with van der Waals surface area (Å²) in [6.45, 7) is 5.24. The van der Waals surface area contributed by atoms with Crippen molar-refractivity contribution in [3.63, 3.8) is 0 Å². The molecule has 2 aromatic carbocycles. The maximum atomic E-state index is 12.1. The Morgan fingerprint density at radius 3 is 2.52 bits per heavy atom. The van der Waals surface area contributed by atoms with Crippen LogP contribution in [0.4, 0.5) is 17.1 Å². The largest absolute Gasteiger partial charge is 0.489 e. The van der Waals surface area contributed by atoms with Gasteiger partial charge >= 0.3 is 0 Å². The first-order valence-electron chi connectivity index (χ1n) is 8.26. The zero-order valence-electron chi connectivity index (χ0n) is 15.0. The zero-order chi connectivity index (χ0) is 19.7. The average Bonchev–Trinajstić information content (AvgIpc) is 2.59. The zero-order valence-corrected chi connectivity index (χ0v) is 16.5. The van der Waals surface area contributed by atoms with Crippen molar-refractivity contribution in [2.75, 3.05) is 11.1 Å². The topological polar surface area (TPSA) is 90.1 Å². The molecular weight excluding hydrogens is 387 g/mol. The molecule has 0 amide bonds. The summed E-state index contributed by atoms with van der Waals surface area (Å²) in [5.41, 5.74) is 8.48. The Morgan fingerprint density at radius 1 is 1.15 bits per heavy atom. The Morgan fingerprint density at radius 2 is 1.89 bits per heavy atom. The summed E-state index contributed by atoms with van der Waals surface area (Å²) in [6, 6.07) is 8.51. The number of hydrogen-bond donors (Lipinski definition) is 2. The Bertz CT molecular complexity index is 1040. The van der Waals surface area contributed by atoms with Crippen molar-refractivity contribution in [1.29, 1.82) is 0 Å². The molecule has 0 unspecified atom stereocenters. The number of nitrogens with two attached hydrogens (primary N) is 1. The fourth-order valence-electron chi connectivity index (χ4n) is 2.60. The highest BCUT2D eigenvalue weighted by atomic mass is 35.5. The lowest BCUT2D eigenvalue weighted by molar-refractivity contribution is 0.101. The predicted octanol–water partition coefficient (Wildman–Crippen LogP) is 5.25. The van der Waals surface area contributed by atoms with Gasteiger partial charge in [0.05, 0.1) is 33.0 Å². The van der Waals surface area contributed by atoms with E-state index in [-0.39, 0.29) is 17.6 Å². The fourth-order valence-corrected chi connectivity index (χ4v) is 2.90. The number of rotatable bonds is 5. The lowest BCUT2D eigenvalue weighted by atomic mass is 10.1. The molecule has 0 aliphatic heterocycles. The normalized spacial score (nSPS) is 11.0. The van der Waals surface area contributed by atoms with Gasteiger partial charge in [-0.05, 0) is 38.1 Å². The van der Waals surface area contributed by atoms with Crippen molar-refractivity contribution in [3.8, 4) is 5.75 Å². The molecule has 0 fully saturated rings. The highest BCUT2D eigenvalue weighted by Crippen LogP contribution is 2.35. The highest BCUT2D eigenvalue weighted by molar-refractivity contribution is 6.42. The number of nitrogens with one attached hydrogen (secondary N) is 1. The maximum Gasteiger partial charge on any atom is 0.182 e. The molecule has 140 valence electrons. The number of ketones is 1. The molecule has 0 spiro atoms. The molecule has 0 bridgehead atoms. The van der Waals surface area contributed by atoms with Crippen molar-refractivity contribution in [3.05, 3.63) is 46.1 Å². The Balaban J connectivity index is 2.17. The molecule has 1 aromatic heterocycles. The van der Waals surface area contributed by atoms with Gasteiger partial charge < -0.3 is 15.8 Å². The molecule has 0 saturated carbocycles. The van der Waals surface area contributed by atoms with Gasteiger partial charge in [0, 0.05) is 24.1 Å². The van der Waals surface area contributed by atoms with Crippen LogP contribution in [0.5, 0.6) is 5.75 Å². The van der Waals surface area contributed by atoms with Crippen LogP contribution in [-0.2, 0) is 0 Å². The molecule has 0 radical (unpaired) electrons. The minimum atomic E-state index is -0.229. The Kier molecular flexibility index (Phi) is 5.39. The number of carbonyl (C=O) groups excluding carboxylic acids is 1. The summed E-state index contributed by atoms with van der Waals surface area (Å²) in [6.07, 6.45) is -0.0389.